The number of nitriles is 1. The van der Waals surface area contributed by atoms with E-state index < -0.39 is 17.6 Å². The molecule has 11 heteroatoms. The standard InChI is InChI=1S/C22H17F3N6O2/c1-12-10-18(31(29-12)9-5-8-26)28-20(32)15-11-17(27-21-19(15)13(2)30-33-21)14-6-3-4-7-16(14)22(23,24)25/h3-4,6-7,10-11H,5,9H2,1-2H3,(H,28,32). The number of anilines is 1. The minimum atomic E-state index is -4.61. The third-order valence-electron chi connectivity index (χ3n) is 4.95. The first-order chi connectivity index (χ1) is 15.7. The number of aromatic nitrogens is 4. The van der Waals surface area contributed by atoms with Crippen LogP contribution in [0.1, 0.15) is 33.7 Å². The number of pyridine rings is 1. The fourth-order valence-electron chi connectivity index (χ4n) is 3.52. The summed E-state index contributed by atoms with van der Waals surface area (Å²) in [5.41, 5.74) is -0.158. The molecule has 0 spiro atoms. The lowest BCUT2D eigenvalue weighted by molar-refractivity contribution is -0.137. The lowest BCUT2D eigenvalue weighted by atomic mass is 10.0. The van der Waals surface area contributed by atoms with Gasteiger partial charge in [-0.1, -0.05) is 23.4 Å². The Hall–Kier alpha value is -4.20. The molecule has 0 bridgehead atoms. The Morgan fingerprint density at radius 2 is 2.00 bits per heavy atom. The number of rotatable bonds is 5. The van der Waals surface area contributed by atoms with Gasteiger partial charge in [-0.2, -0.15) is 23.5 Å². The van der Waals surface area contributed by atoms with Crippen molar-refractivity contribution in [2.45, 2.75) is 33.0 Å². The fraction of sp³-hybridized carbons (Fsp3) is 0.227. The Bertz CT molecular complexity index is 1400. The van der Waals surface area contributed by atoms with Crippen LogP contribution in [0.4, 0.5) is 19.0 Å². The van der Waals surface area contributed by atoms with Crippen LogP contribution in [0.25, 0.3) is 22.4 Å². The molecule has 0 saturated carbocycles. The molecule has 0 aliphatic rings. The van der Waals surface area contributed by atoms with Crippen molar-refractivity contribution in [3.8, 4) is 17.3 Å². The highest BCUT2D eigenvalue weighted by Gasteiger charge is 2.34. The Morgan fingerprint density at radius 3 is 2.73 bits per heavy atom. The zero-order valence-electron chi connectivity index (χ0n) is 17.6. The summed E-state index contributed by atoms with van der Waals surface area (Å²) in [7, 11) is 0. The predicted octanol–water partition coefficient (Wildman–Crippen LogP) is 4.89. The van der Waals surface area contributed by atoms with Crippen LogP contribution in [-0.2, 0) is 12.7 Å². The molecule has 0 aliphatic carbocycles. The van der Waals surface area contributed by atoms with Crippen LogP contribution < -0.4 is 5.32 Å². The third kappa shape index (κ3) is 4.27. The average molecular weight is 454 g/mol. The first-order valence-corrected chi connectivity index (χ1v) is 9.85. The molecule has 0 aliphatic heterocycles. The molecule has 4 aromatic rings. The smallest absolute Gasteiger partial charge is 0.335 e. The Balaban J connectivity index is 1.82. The molecule has 0 saturated heterocycles. The summed E-state index contributed by atoms with van der Waals surface area (Å²) in [6.45, 7) is 3.61. The Kier molecular flexibility index (Phi) is 5.59. The van der Waals surface area contributed by atoms with E-state index in [9.17, 15) is 18.0 Å². The van der Waals surface area contributed by atoms with Crippen LogP contribution in [0.3, 0.4) is 0 Å². The van der Waals surface area contributed by atoms with Gasteiger partial charge in [-0.15, -0.1) is 0 Å². The number of nitrogens with one attached hydrogen (secondary N) is 1. The lowest BCUT2D eigenvalue weighted by Gasteiger charge is -2.13. The van der Waals surface area contributed by atoms with Gasteiger partial charge in [0.15, 0.2) is 0 Å². The molecule has 4 rings (SSSR count). The number of hydrogen-bond acceptors (Lipinski definition) is 6. The van der Waals surface area contributed by atoms with Crippen LogP contribution in [0, 0.1) is 25.2 Å². The molecule has 33 heavy (non-hydrogen) atoms. The number of alkyl halides is 3. The molecular weight excluding hydrogens is 437 g/mol. The summed E-state index contributed by atoms with van der Waals surface area (Å²) in [5.74, 6) is -0.249. The lowest BCUT2D eigenvalue weighted by Crippen LogP contribution is -2.17. The number of aryl methyl sites for hydroxylation is 3. The van der Waals surface area contributed by atoms with Crippen molar-refractivity contribution in [3.63, 3.8) is 0 Å². The second kappa shape index (κ2) is 8.38. The Labute approximate surface area is 185 Å². The number of benzene rings is 1. The van der Waals surface area contributed by atoms with Crippen molar-refractivity contribution in [1.82, 2.24) is 19.9 Å². The van der Waals surface area contributed by atoms with Crippen LogP contribution in [-0.4, -0.2) is 25.8 Å². The van der Waals surface area contributed by atoms with E-state index in [4.69, 9.17) is 9.78 Å². The predicted molar refractivity (Wildman–Crippen MR) is 112 cm³/mol. The van der Waals surface area contributed by atoms with Gasteiger partial charge in [0, 0.05) is 11.6 Å². The van der Waals surface area contributed by atoms with Gasteiger partial charge in [-0.25, -0.2) is 9.67 Å². The number of fused-ring (bicyclic) bond motifs is 1. The van der Waals surface area contributed by atoms with Crippen molar-refractivity contribution in [2.24, 2.45) is 0 Å². The van der Waals surface area contributed by atoms with Gasteiger partial charge in [-0.3, -0.25) is 4.79 Å². The van der Waals surface area contributed by atoms with E-state index in [0.29, 0.717) is 22.6 Å². The minimum absolute atomic E-state index is 0.0522. The van der Waals surface area contributed by atoms with E-state index in [1.165, 1.54) is 28.9 Å². The second-order valence-corrected chi connectivity index (χ2v) is 7.30. The highest BCUT2D eigenvalue weighted by Crippen LogP contribution is 2.37. The average Bonchev–Trinajstić information content (AvgIpc) is 3.32. The van der Waals surface area contributed by atoms with Gasteiger partial charge >= 0.3 is 6.18 Å². The minimum Gasteiger partial charge on any atom is -0.335 e. The van der Waals surface area contributed by atoms with Crippen LogP contribution in [0.5, 0.6) is 0 Å². The summed E-state index contributed by atoms with van der Waals surface area (Å²) in [5, 5.41) is 19.9. The maximum atomic E-state index is 13.6. The molecular formula is C22H17F3N6O2. The number of amides is 1. The van der Waals surface area contributed by atoms with Crippen molar-refractivity contribution in [3.05, 3.63) is 58.9 Å². The molecule has 8 nitrogen and oxygen atoms in total. The van der Waals surface area contributed by atoms with E-state index in [1.54, 1.807) is 19.9 Å². The highest BCUT2D eigenvalue weighted by atomic mass is 19.4. The summed E-state index contributed by atoms with van der Waals surface area (Å²) in [6, 6.07) is 9.90. The number of nitrogens with zero attached hydrogens (tertiary/aromatic N) is 5. The third-order valence-corrected chi connectivity index (χ3v) is 4.95. The molecule has 1 N–H and O–H groups in total. The molecule has 1 aromatic carbocycles. The van der Waals surface area contributed by atoms with Crippen molar-refractivity contribution < 1.29 is 22.5 Å². The molecule has 3 aromatic heterocycles. The molecule has 168 valence electrons. The SMILES string of the molecule is Cc1cc(NC(=O)c2cc(-c3ccccc3C(F)(F)F)nc3onc(C)c23)n(CCC#N)n1. The summed E-state index contributed by atoms with van der Waals surface area (Å²) in [4.78, 5) is 17.4. The van der Waals surface area contributed by atoms with Crippen molar-refractivity contribution >= 4 is 22.8 Å². The normalized spacial score (nSPS) is 11.5. The van der Waals surface area contributed by atoms with Crippen LogP contribution in [0.15, 0.2) is 40.9 Å². The second-order valence-electron chi connectivity index (χ2n) is 7.30. The van der Waals surface area contributed by atoms with E-state index in [1.807, 2.05) is 6.07 Å². The number of carbonyl (C=O) groups excluding carboxylic acids is 1. The van der Waals surface area contributed by atoms with Gasteiger partial charge in [0.25, 0.3) is 11.6 Å². The summed E-state index contributed by atoms with van der Waals surface area (Å²) < 4.78 is 47.4. The molecule has 0 radical (unpaired) electrons. The van der Waals surface area contributed by atoms with Crippen molar-refractivity contribution in [1.29, 1.82) is 5.26 Å². The summed E-state index contributed by atoms with van der Waals surface area (Å²) in [6.07, 6.45) is -4.43. The molecule has 0 atom stereocenters. The fourth-order valence-corrected chi connectivity index (χ4v) is 3.52. The van der Waals surface area contributed by atoms with Gasteiger partial charge < -0.3 is 9.84 Å². The molecule has 3 heterocycles. The quantitative estimate of drug-likeness (QED) is 0.460. The van der Waals surface area contributed by atoms with Gasteiger partial charge in [0.05, 0.1) is 52.6 Å². The highest BCUT2D eigenvalue weighted by molar-refractivity contribution is 6.12. The van der Waals surface area contributed by atoms with E-state index in [0.717, 1.165) is 6.07 Å². The van der Waals surface area contributed by atoms with Crippen molar-refractivity contribution in [2.75, 3.05) is 5.32 Å². The van der Waals surface area contributed by atoms with Crippen LogP contribution in [0.2, 0.25) is 0 Å². The zero-order chi connectivity index (χ0) is 23.8. The maximum absolute atomic E-state index is 13.6. The topological polar surface area (TPSA) is 110 Å². The molecule has 0 fully saturated rings. The van der Waals surface area contributed by atoms with Gasteiger partial charge in [-0.05, 0) is 26.0 Å². The first kappa shape index (κ1) is 22.0. The number of carbonyl (C=O) groups is 1. The van der Waals surface area contributed by atoms with Crippen LogP contribution >= 0.6 is 0 Å². The van der Waals surface area contributed by atoms with Gasteiger partial charge in [0.1, 0.15) is 5.82 Å². The first-order valence-electron chi connectivity index (χ1n) is 9.85. The zero-order valence-corrected chi connectivity index (χ0v) is 17.6. The van der Waals surface area contributed by atoms with E-state index >= 15 is 0 Å². The summed E-state index contributed by atoms with van der Waals surface area (Å²) >= 11 is 0. The maximum Gasteiger partial charge on any atom is 0.417 e. The Morgan fingerprint density at radius 1 is 1.24 bits per heavy atom. The number of hydrogen-bond donors (Lipinski definition) is 1. The van der Waals surface area contributed by atoms with E-state index in [-0.39, 0.29) is 35.5 Å². The largest absolute Gasteiger partial charge is 0.417 e. The van der Waals surface area contributed by atoms with Gasteiger partial charge in [0.2, 0.25) is 0 Å². The monoisotopic (exact) mass is 454 g/mol. The van der Waals surface area contributed by atoms with E-state index in [2.05, 4.69) is 20.6 Å². The molecule has 0 unspecified atom stereocenters. The molecule has 1 amide bonds. The number of halogens is 3.